The molecule has 0 saturated heterocycles. The second kappa shape index (κ2) is 6.06. The summed E-state index contributed by atoms with van der Waals surface area (Å²) in [7, 11) is 0. The molecule has 0 saturated carbocycles. The lowest BCUT2D eigenvalue weighted by molar-refractivity contribution is 0.288. The van der Waals surface area contributed by atoms with Gasteiger partial charge in [0.15, 0.2) is 5.69 Å². The van der Waals surface area contributed by atoms with Gasteiger partial charge in [-0.15, -0.1) is 0 Å². The van der Waals surface area contributed by atoms with Crippen molar-refractivity contribution in [2.45, 2.75) is 26.3 Å². The summed E-state index contributed by atoms with van der Waals surface area (Å²) in [6, 6.07) is 5.72. The zero-order valence-electron chi connectivity index (χ0n) is 10.2. The maximum atomic E-state index is 8.89. The third kappa shape index (κ3) is 3.33. The number of pyridine rings is 1. The largest absolute Gasteiger partial charge is 0.396 e. The zero-order valence-corrected chi connectivity index (χ0v) is 10.2. The van der Waals surface area contributed by atoms with Gasteiger partial charge in [-0.25, -0.2) is 4.98 Å². The van der Waals surface area contributed by atoms with Gasteiger partial charge in [0.2, 0.25) is 0 Å². The first kappa shape index (κ1) is 13.3. The molecule has 0 amide bonds. The van der Waals surface area contributed by atoms with Crippen molar-refractivity contribution in [3.63, 3.8) is 0 Å². The van der Waals surface area contributed by atoms with Crippen molar-refractivity contribution >= 4 is 11.5 Å². The molecule has 0 aliphatic rings. The van der Waals surface area contributed by atoms with Gasteiger partial charge < -0.3 is 15.7 Å². The average molecular weight is 234 g/mol. The number of nitrogen functional groups attached to an aromatic ring is 1. The molecule has 1 aromatic heterocycles. The molecule has 1 rings (SSSR count). The van der Waals surface area contributed by atoms with Crippen molar-refractivity contribution in [1.82, 2.24) is 4.98 Å². The van der Waals surface area contributed by atoms with E-state index in [0.29, 0.717) is 18.7 Å². The Kier molecular flexibility index (Phi) is 4.73. The Bertz CT molecular complexity index is 411. The Hall–Kier alpha value is -1.80. The van der Waals surface area contributed by atoms with Crippen molar-refractivity contribution in [3.05, 3.63) is 17.8 Å². The number of hydrogen-bond acceptors (Lipinski definition) is 5. The van der Waals surface area contributed by atoms with Crippen LogP contribution in [-0.2, 0) is 0 Å². The van der Waals surface area contributed by atoms with E-state index in [1.165, 1.54) is 0 Å². The van der Waals surface area contributed by atoms with Gasteiger partial charge in [0.25, 0.3) is 0 Å². The first-order chi connectivity index (χ1) is 8.10. The fraction of sp³-hybridized carbons (Fsp3) is 0.500. The fourth-order valence-corrected chi connectivity index (χ4v) is 1.59. The van der Waals surface area contributed by atoms with Gasteiger partial charge in [0, 0.05) is 19.2 Å². The molecule has 17 heavy (non-hydrogen) atoms. The summed E-state index contributed by atoms with van der Waals surface area (Å²) < 4.78 is 0. The van der Waals surface area contributed by atoms with E-state index >= 15 is 0 Å². The summed E-state index contributed by atoms with van der Waals surface area (Å²) >= 11 is 0. The van der Waals surface area contributed by atoms with E-state index in [-0.39, 0.29) is 18.3 Å². The SMILES string of the molecule is CC(C)N(CCCO)c1ccc(N)c(C#N)n1. The number of nitrogens with two attached hydrogens (primary N) is 1. The molecule has 0 radical (unpaired) electrons. The molecule has 3 N–H and O–H groups in total. The highest BCUT2D eigenvalue weighted by atomic mass is 16.3. The molecule has 0 spiro atoms. The highest BCUT2D eigenvalue weighted by Gasteiger charge is 2.13. The zero-order chi connectivity index (χ0) is 12.8. The normalized spacial score (nSPS) is 10.3. The number of aliphatic hydroxyl groups excluding tert-OH is 1. The van der Waals surface area contributed by atoms with E-state index < -0.39 is 0 Å². The van der Waals surface area contributed by atoms with Crippen molar-refractivity contribution < 1.29 is 5.11 Å². The van der Waals surface area contributed by atoms with E-state index in [4.69, 9.17) is 16.1 Å². The Morgan fingerprint density at radius 1 is 1.53 bits per heavy atom. The number of aromatic nitrogens is 1. The lowest BCUT2D eigenvalue weighted by atomic mass is 10.2. The molecule has 0 unspecified atom stereocenters. The Balaban J connectivity index is 2.98. The second-order valence-electron chi connectivity index (χ2n) is 4.08. The molecule has 0 aromatic carbocycles. The topological polar surface area (TPSA) is 86.2 Å². The summed E-state index contributed by atoms with van der Waals surface area (Å²) in [5.74, 6) is 0.721. The molecule has 5 heteroatoms. The highest BCUT2D eigenvalue weighted by Crippen LogP contribution is 2.18. The van der Waals surface area contributed by atoms with Gasteiger partial charge in [-0.2, -0.15) is 5.26 Å². The van der Waals surface area contributed by atoms with Crippen LogP contribution in [0, 0.1) is 11.3 Å². The fourth-order valence-electron chi connectivity index (χ4n) is 1.59. The summed E-state index contributed by atoms with van der Waals surface area (Å²) in [6.07, 6.45) is 0.673. The molecule has 1 aromatic rings. The number of aliphatic hydroxyl groups is 1. The molecule has 1 heterocycles. The van der Waals surface area contributed by atoms with Crippen LogP contribution in [0.4, 0.5) is 11.5 Å². The summed E-state index contributed by atoms with van der Waals surface area (Å²) in [6.45, 7) is 4.93. The van der Waals surface area contributed by atoms with Gasteiger partial charge in [-0.3, -0.25) is 0 Å². The minimum atomic E-state index is 0.142. The smallest absolute Gasteiger partial charge is 0.165 e. The Morgan fingerprint density at radius 3 is 2.76 bits per heavy atom. The van der Waals surface area contributed by atoms with Gasteiger partial charge in [0.05, 0.1) is 5.69 Å². The van der Waals surface area contributed by atoms with Crippen molar-refractivity contribution in [2.75, 3.05) is 23.8 Å². The molecular weight excluding hydrogens is 216 g/mol. The standard InChI is InChI=1S/C12H18N4O/c1-9(2)16(6-3-7-17)12-5-4-10(14)11(8-13)15-12/h4-5,9,17H,3,6-7,14H2,1-2H3. The van der Waals surface area contributed by atoms with Crippen molar-refractivity contribution in [2.24, 2.45) is 0 Å². The van der Waals surface area contributed by atoms with Gasteiger partial charge in [0.1, 0.15) is 11.9 Å². The van der Waals surface area contributed by atoms with Crippen LogP contribution in [-0.4, -0.2) is 29.3 Å². The van der Waals surface area contributed by atoms with Gasteiger partial charge in [-0.05, 0) is 32.4 Å². The predicted octanol–water partition coefficient (Wildman–Crippen LogP) is 1.13. The van der Waals surface area contributed by atoms with Crippen LogP contribution in [0.5, 0.6) is 0 Å². The molecule has 0 aliphatic carbocycles. The van der Waals surface area contributed by atoms with Crippen LogP contribution in [0.2, 0.25) is 0 Å². The highest BCUT2D eigenvalue weighted by molar-refractivity contribution is 5.55. The maximum Gasteiger partial charge on any atom is 0.165 e. The second-order valence-corrected chi connectivity index (χ2v) is 4.08. The van der Waals surface area contributed by atoms with E-state index in [1.807, 2.05) is 24.8 Å². The summed E-state index contributed by atoms with van der Waals surface area (Å²) in [4.78, 5) is 6.26. The quantitative estimate of drug-likeness (QED) is 0.797. The number of rotatable bonds is 5. The third-order valence-electron chi connectivity index (χ3n) is 2.49. The van der Waals surface area contributed by atoms with Crippen LogP contribution >= 0.6 is 0 Å². The van der Waals surface area contributed by atoms with Crippen LogP contribution in [0.25, 0.3) is 0 Å². The number of anilines is 2. The average Bonchev–Trinajstić information content (AvgIpc) is 2.31. The van der Waals surface area contributed by atoms with Crippen molar-refractivity contribution in [3.8, 4) is 6.07 Å². The Labute approximate surface area is 101 Å². The van der Waals surface area contributed by atoms with E-state index in [0.717, 1.165) is 5.82 Å². The lowest BCUT2D eigenvalue weighted by Gasteiger charge is -2.27. The lowest BCUT2D eigenvalue weighted by Crippen LogP contribution is -2.33. The molecular formula is C12H18N4O. The molecule has 0 atom stereocenters. The number of nitrogens with zero attached hydrogens (tertiary/aromatic N) is 3. The van der Waals surface area contributed by atoms with Crippen molar-refractivity contribution in [1.29, 1.82) is 5.26 Å². The first-order valence-electron chi connectivity index (χ1n) is 5.64. The van der Waals surface area contributed by atoms with E-state index in [1.54, 1.807) is 12.1 Å². The molecule has 0 fully saturated rings. The first-order valence-corrected chi connectivity index (χ1v) is 5.64. The number of hydrogen-bond donors (Lipinski definition) is 2. The van der Waals surface area contributed by atoms with Gasteiger partial charge >= 0.3 is 0 Å². The summed E-state index contributed by atoms with van der Waals surface area (Å²) in [5, 5.41) is 17.8. The third-order valence-corrected chi connectivity index (χ3v) is 2.49. The van der Waals surface area contributed by atoms with Crippen LogP contribution in [0.1, 0.15) is 26.0 Å². The van der Waals surface area contributed by atoms with Gasteiger partial charge in [-0.1, -0.05) is 0 Å². The molecule has 5 nitrogen and oxygen atoms in total. The monoisotopic (exact) mass is 234 g/mol. The predicted molar refractivity (Wildman–Crippen MR) is 67.5 cm³/mol. The Morgan fingerprint density at radius 2 is 2.24 bits per heavy atom. The molecule has 92 valence electrons. The van der Waals surface area contributed by atoms with Crippen LogP contribution in [0.3, 0.4) is 0 Å². The number of nitriles is 1. The summed E-state index contributed by atoms with van der Waals surface area (Å²) in [5.41, 5.74) is 6.27. The van der Waals surface area contributed by atoms with E-state index in [2.05, 4.69) is 4.98 Å². The maximum absolute atomic E-state index is 8.89. The minimum absolute atomic E-state index is 0.142. The van der Waals surface area contributed by atoms with Crippen LogP contribution < -0.4 is 10.6 Å². The molecule has 0 aliphatic heterocycles. The molecule has 0 bridgehead atoms. The van der Waals surface area contributed by atoms with E-state index in [9.17, 15) is 0 Å². The minimum Gasteiger partial charge on any atom is -0.396 e. The van der Waals surface area contributed by atoms with Crippen LogP contribution in [0.15, 0.2) is 12.1 Å².